The molecule has 3 aliphatic heterocycles. The van der Waals surface area contributed by atoms with E-state index in [1.165, 1.54) is 13.8 Å². The molecule has 0 saturated carbocycles. The van der Waals surface area contributed by atoms with Crippen LogP contribution in [-0.4, -0.2) is 187 Å². The summed E-state index contributed by atoms with van der Waals surface area (Å²) < 4.78 is 34.5. The summed E-state index contributed by atoms with van der Waals surface area (Å²) in [5.74, 6) is -2.70. The van der Waals surface area contributed by atoms with Crippen molar-refractivity contribution in [2.24, 2.45) is 22.0 Å². The second-order valence-corrected chi connectivity index (χ2v) is 17.5. The number of carbonyl (C=O) groups is 6. The lowest BCUT2D eigenvalue weighted by Gasteiger charge is -2.35. The Labute approximate surface area is 354 Å². The molecule has 0 aromatic rings. The number of hydrogen-bond donors (Lipinski definition) is 7. The molecule has 0 bridgehead atoms. The summed E-state index contributed by atoms with van der Waals surface area (Å²) in [6, 6.07) is -0.880. The molecule has 0 aromatic heterocycles. The number of nitrogens with two attached hydrogens (primary N) is 1. The van der Waals surface area contributed by atoms with E-state index in [4.69, 9.17) is 34.2 Å². The Morgan fingerprint density at radius 3 is 1.69 bits per heavy atom. The van der Waals surface area contributed by atoms with Gasteiger partial charge in [-0.05, 0) is 48.7 Å². The molecule has 5 unspecified atom stereocenters. The molecule has 21 heteroatoms. The van der Waals surface area contributed by atoms with Crippen LogP contribution in [0, 0.1) is 16.2 Å². The van der Waals surface area contributed by atoms with Gasteiger partial charge >= 0.3 is 17.9 Å². The zero-order valence-electron chi connectivity index (χ0n) is 34.9. The molecule has 0 spiro atoms. The minimum Gasteiger partial charge on any atom is -0.464 e. The maximum Gasteiger partial charge on any atom is 0.325 e. The Kier molecular flexibility index (Phi) is 19.4. The lowest BCUT2D eigenvalue weighted by molar-refractivity contribution is -0.177. The molecule has 0 radical (unpaired) electrons. The summed E-state index contributed by atoms with van der Waals surface area (Å²) in [6.07, 6.45) is 0. The van der Waals surface area contributed by atoms with Gasteiger partial charge in [-0.2, -0.15) is 0 Å². The number of alkyl halides is 1. The SMILES string of the molecule is CN(C)CC(NC(=O)CI)C(=O)NCCOCCOCCNC(=O)COCC(COC(=O)C(C)(C)N)(COC(=O)C(C)(C)C1CN1)COC(=O)C(C)(C1CN1)C1CN1. The molecule has 0 aliphatic carbocycles. The number of likely N-dealkylation sites (N-methyl/N-ethyl adjacent to an activating group) is 1. The molecule has 3 fully saturated rings. The van der Waals surface area contributed by atoms with E-state index < -0.39 is 58.2 Å². The Balaban J connectivity index is 1.48. The zero-order chi connectivity index (χ0) is 43.1. The smallest absolute Gasteiger partial charge is 0.325 e. The first-order chi connectivity index (χ1) is 27.2. The Morgan fingerprint density at radius 2 is 1.21 bits per heavy atom. The van der Waals surface area contributed by atoms with E-state index in [2.05, 4.69) is 31.9 Å². The normalized spacial score (nSPS) is 21.1. The highest BCUT2D eigenvalue weighted by molar-refractivity contribution is 14.1. The minimum absolute atomic E-state index is 0.0642. The number of hydrogen-bond acceptors (Lipinski definition) is 17. The third kappa shape index (κ3) is 16.4. The van der Waals surface area contributed by atoms with Crippen LogP contribution in [0.5, 0.6) is 0 Å². The number of halogens is 1. The fourth-order valence-electron chi connectivity index (χ4n) is 5.80. The first-order valence-electron chi connectivity index (χ1n) is 19.5. The van der Waals surface area contributed by atoms with Gasteiger partial charge in [-0.15, -0.1) is 0 Å². The fourth-order valence-corrected chi connectivity index (χ4v) is 6.02. The molecule has 20 nitrogen and oxygen atoms in total. The third-order valence-corrected chi connectivity index (χ3v) is 10.7. The topological polar surface area (TPSA) is 289 Å². The number of nitrogens with zero attached hydrogens (tertiary/aromatic N) is 1. The second kappa shape index (κ2) is 22.7. The summed E-state index contributed by atoms with van der Waals surface area (Å²) in [7, 11) is 3.63. The van der Waals surface area contributed by atoms with Crippen molar-refractivity contribution in [2.75, 3.05) is 117 Å². The predicted molar refractivity (Wildman–Crippen MR) is 219 cm³/mol. The third-order valence-electron chi connectivity index (χ3n) is 10.0. The van der Waals surface area contributed by atoms with Crippen LogP contribution in [-0.2, 0) is 57.2 Å². The van der Waals surface area contributed by atoms with Gasteiger partial charge in [0, 0.05) is 57.4 Å². The zero-order valence-corrected chi connectivity index (χ0v) is 37.1. The molecular weight excluding hydrogens is 875 g/mol. The molecule has 5 atom stereocenters. The van der Waals surface area contributed by atoms with E-state index in [-0.39, 0.29) is 100 Å². The summed E-state index contributed by atoms with van der Waals surface area (Å²) in [5.41, 5.74) is 1.54. The molecular formula is C37H65IN8O12. The highest BCUT2D eigenvalue weighted by atomic mass is 127. The quantitative estimate of drug-likeness (QED) is 0.00947. The van der Waals surface area contributed by atoms with Crippen molar-refractivity contribution in [3.8, 4) is 0 Å². The van der Waals surface area contributed by atoms with Crippen molar-refractivity contribution in [3.05, 3.63) is 0 Å². The van der Waals surface area contributed by atoms with Gasteiger partial charge in [-0.25, -0.2) is 0 Å². The highest BCUT2D eigenvalue weighted by Crippen LogP contribution is 2.38. The second-order valence-electron chi connectivity index (χ2n) is 16.7. The average molecular weight is 941 g/mol. The van der Waals surface area contributed by atoms with Gasteiger partial charge in [0.25, 0.3) is 0 Å². The van der Waals surface area contributed by atoms with Crippen LogP contribution in [0.3, 0.4) is 0 Å². The van der Waals surface area contributed by atoms with Crippen molar-refractivity contribution in [1.29, 1.82) is 0 Å². The van der Waals surface area contributed by atoms with E-state index >= 15 is 0 Å². The first-order valence-corrected chi connectivity index (χ1v) is 21.1. The van der Waals surface area contributed by atoms with Crippen molar-refractivity contribution in [2.45, 2.75) is 64.3 Å². The van der Waals surface area contributed by atoms with Crippen LogP contribution in [0.4, 0.5) is 0 Å². The lowest BCUT2D eigenvalue weighted by atomic mass is 9.82. The van der Waals surface area contributed by atoms with E-state index in [1.807, 2.05) is 48.5 Å². The lowest BCUT2D eigenvalue weighted by Crippen LogP contribution is -2.52. The average Bonchev–Trinajstić information content (AvgIpc) is 3.99. The number of amides is 3. The van der Waals surface area contributed by atoms with Gasteiger partial charge in [-0.3, -0.25) is 28.8 Å². The fraction of sp³-hybridized carbons (Fsp3) is 0.838. The molecule has 3 rings (SSSR count). The van der Waals surface area contributed by atoms with Gasteiger partial charge in [0.15, 0.2) is 0 Å². The molecule has 3 aliphatic rings. The van der Waals surface area contributed by atoms with Gasteiger partial charge in [0.2, 0.25) is 17.7 Å². The summed E-state index contributed by atoms with van der Waals surface area (Å²) in [4.78, 5) is 78.5. The van der Waals surface area contributed by atoms with Gasteiger partial charge in [0.05, 0.1) is 53.7 Å². The molecule has 0 aromatic carbocycles. The Morgan fingerprint density at radius 1 is 0.707 bits per heavy atom. The van der Waals surface area contributed by atoms with E-state index in [0.717, 1.165) is 0 Å². The number of esters is 3. The maximum absolute atomic E-state index is 13.6. The summed E-state index contributed by atoms with van der Waals surface area (Å²) >= 11 is 1.94. The number of rotatable bonds is 30. The van der Waals surface area contributed by atoms with Crippen LogP contribution < -0.4 is 37.6 Å². The number of carbonyl (C=O) groups excluding carboxylic acids is 6. The Hall–Kier alpha value is -2.77. The van der Waals surface area contributed by atoms with Crippen LogP contribution in [0.15, 0.2) is 0 Å². The molecule has 58 heavy (non-hydrogen) atoms. The predicted octanol–water partition coefficient (Wildman–Crippen LogP) is -2.95. The standard InChI is InChI=1S/C37H65IN8O12/c1-34(2,25-15-42-25)31(50)56-21-37(22-57-32(51)35(3,4)39,23-58-33(52)36(5,26-16-43-26)27-17-44-27)20-55-19-29(48)40-8-10-53-12-13-54-11-9-41-30(49)24(18-46(6)7)45-28(47)14-38/h24-27,42-44H,8-23,39H2,1-7H3,(H,40,48)(H,41,49)(H,45,47). The minimum atomic E-state index is -1.39. The summed E-state index contributed by atoms with van der Waals surface area (Å²) in [5, 5.41) is 17.7. The van der Waals surface area contributed by atoms with Gasteiger partial charge < -0.3 is 71.0 Å². The van der Waals surface area contributed by atoms with Gasteiger partial charge in [0.1, 0.15) is 38.0 Å². The molecule has 3 saturated heterocycles. The van der Waals surface area contributed by atoms with Crippen molar-refractivity contribution >= 4 is 58.2 Å². The highest BCUT2D eigenvalue weighted by Gasteiger charge is 2.58. The van der Waals surface area contributed by atoms with Crippen molar-refractivity contribution in [3.63, 3.8) is 0 Å². The van der Waals surface area contributed by atoms with Crippen LogP contribution >= 0.6 is 22.6 Å². The maximum atomic E-state index is 13.6. The Bertz CT molecular complexity index is 1390. The first kappa shape index (κ1) is 49.6. The van der Waals surface area contributed by atoms with Gasteiger partial charge in [-0.1, -0.05) is 22.6 Å². The van der Waals surface area contributed by atoms with Crippen LogP contribution in [0.1, 0.15) is 34.6 Å². The summed E-state index contributed by atoms with van der Waals surface area (Å²) in [6.45, 7) is 10.3. The van der Waals surface area contributed by atoms with Crippen LogP contribution in [0.2, 0.25) is 0 Å². The van der Waals surface area contributed by atoms with Crippen molar-refractivity contribution < 1.29 is 57.2 Å². The molecule has 332 valence electrons. The molecule has 8 N–H and O–H groups in total. The van der Waals surface area contributed by atoms with E-state index in [1.54, 1.807) is 13.8 Å². The monoisotopic (exact) mass is 940 g/mol. The van der Waals surface area contributed by atoms with E-state index in [0.29, 0.717) is 26.2 Å². The number of ether oxygens (including phenoxy) is 6. The largest absolute Gasteiger partial charge is 0.464 e. The van der Waals surface area contributed by atoms with Crippen molar-refractivity contribution in [1.82, 2.24) is 36.8 Å². The molecule has 3 amide bonds. The number of nitrogens with one attached hydrogen (secondary N) is 6. The molecule has 3 heterocycles. The van der Waals surface area contributed by atoms with E-state index in [9.17, 15) is 28.8 Å². The van der Waals surface area contributed by atoms with Crippen LogP contribution in [0.25, 0.3) is 0 Å².